The van der Waals surface area contributed by atoms with Crippen LogP contribution in [0.2, 0.25) is 5.15 Å². The van der Waals surface area contributed by atoms with Gasteiger partial charge in [0.1, 0.15) is 10.8 Å². The molecule has 1 aromatic heterocycles. The number of nitrogens with zero attached hydrogens (tertiary/aromatic N) is 4. The smallest absolute Gasteiger partial charge is 0.292 e. The Hall–Kier alpha value is -3.30. The van der Waals surface area contributed by atoms with Crippen LogP contribution in [-0.4, -0.2) is 26.0 Å². The SMILES string of the molecule is Cc1nn(-c2ccccc2)c(Cl)c1/C=N/NC(=S)Nc1ccccc1[N+](=O)[O-]. The first-order valence-electron chi connectivity index (χ1n) is 8.11. The van der Waals surface area contributed by atoms with Gasteiger partial charge in [0.2, 0.25) is 0 Å². The third kappa shape index (κ3) is 4.33. The minimum atomic E-state index is -0.491. The number of nitro groups is 1. The van der Waals surface area contributed by atoms with Crippen LogP contribution in [0.15, 0.2) is 59.7 Å². The average molecular weight is 415 g/mol. The van der Waals surface area contributed by atoms with Gasteiger partial charge in [0.25, 0.3) is 5.69 Å². The molecule has 0 saturated heterocycles. The molecule has 2 N–H and O–H groups in total. The van der Waals surface area contributed by atoms with Gasteiger partial charge in [-0.05, 0) is 37.3 Å². The van der Waals surface area contributed by atoms with E-state index in [0.717, 1.165) is 5.69 Å². The van der Waals surface area contributed by atoms with Crippen molar-refractivity contribution in [2.45, 2.75) is 6.92 Å². The number of hydrazone groups is 1. The Morgan fingerprint density at radius 3 is 2.64 bits per heavy atom. The molecule has 2 aromatic carbocycles. The number of aromatic nitrogens is 2. The normalized spacial score (nSPS) is 10.8. The van der Waals surface area contributed by atoms with E-state index in [1.54, 1.807) is 22.9 Å². The molecule has 10 heteroatoms. The molecular weight excluding hydrogens is 400 g/mol. The fraction of sp³-hybridized carbons (Fsp3) is 0.0556. The van der Waals surface area contributed by atoms with E-state index in [4.69, 9.17) is 23.8 Å². The first-order valence-corrected chi connectivity index (χ1v) is 8.90. The van der Waals surface area contributed by atoms with Crippen LogP contribution >= 0.6 is 23.8 Å². The van der Waals surface area contributed by atoms with Crippen molar-refractivity contribution >= 4 is 46.5 Å². The lowest BCUT2D eigenvalue weighted by atomic mass is 10.3. The number of para-hydroxylation sites is 3. The number of hydrogen-bond acceptors (Lipinski definition) is 5. The number of benzene rings is 2. The molecule has 0 spiro atoms. The maximum absolute atomic E-state index is 11.0. The van der Waals surface area contributed by atoms with E-state index in [-0.39, 0.29) is 16.5 Å². The topological polar surface area (TPSA) is 97.4 Å². The van der Waals surface area contributed by atoms with Crippen LogP contribution in [0.25, 0.3) is 5.69 Å². The second kappa shape index (κ2) is 8.59. The monoisotopic (exact) mass is 414 g/mol. The quantitative estimate of drug-likeness (QED) is 0.283. The highest BCUT2D eigenvalue weighted by Crippen LogP contribution is 2.23. The van der Waals surface area contributed by atoms with Gasteiger partial charge in [-0.3, -0.25) is 15.5 Å². The molecule has 0 saturated carbocycles. The van der Waals surface area contributed by atoms with Crippen molar-refractivity contribution < 1.29 is 4.92 Å². The van der Waals surface area contributed by atoms with Gasteiger partial charge >= 0.3 is 0 Å². The number of rotatable bonds is 5. The molecule has 1 heterocycles. The number of thiocarbonyl (C=S) groups is 1. The fourth-order valence-corrected chi connectivity index (χ4v) is 2.93. The van der Waals surface area contributed by atoms with Gasteiger partial charge in [-0.2, -0.15) is 10.2 Å². The van der Waals surface area contributed by atoms with Crippen LogP contribution in [0.5, 0.6) is 0 Å². The number of anilines is 1. The summed E-state index contributed by atoms with van der Waals surface area (Å²) in [6.45, 7) is 1.82. The zero-order valence-corrected chi connectivity index (χ0v) is 16.2. The predicted octanol–water partition coefficient (Wildman–Crippen LogP) is 4.06. The molecule has 0 unspecified atom stereocenters. The Labute approximate surface area is 171 Å². The van der Waals surface area contributed by atoms with Crippen LogP contribution in [0.3, 0.4) is 0 Å². The van der Waals surface area contributed by atoms with E-state index >= 15 is 0 Å². The maximum atomic E-state index is 11.0. The third-order valence-corrected chi connectivity index (χ3v) is 4.31. The molecular formula is C18H15ClN6O2S. The Morgan fingerprint density at radius 1 is 1.25 bits per heavy atom. The van der Waals surface area contributed by atoms with E-state index in [9.17, 15) is 10.1 Å². The number of nitrogens with one attached hydrogen (secondary N) is 2. The second-order valence-electron chi connectivity index (χ2n) is 5.64. The van der Waals surface area contributed by atoms with E-state index in [1.165, 1.54) is 12.3 Å². The van der Waals surface area contributed by atoms with E-state index in [1.807, 2.05) is 37.3 Å². The Morgan fingerprint density at radius 2 is 1.93 bits per heavy atom. The van der Waals surface area contributed by atoms with Crippen molar-refractivity contribution in [1.29, 1.82) is 0 Å². The summed E-state index contributed by atoms with van der Waals surface area (Å²) < 4.78 is 1.61. The minimum Gasteiger partial charge on any atom is -0.326 e. The summed E-state index contributed by atoms with van der Waals surface area (Å²) in [6, 6.07) is 15.7. The molecule has 0 amide bonds. The van der Waals surface area contributed by atoms with E-state index in [2.05, 4.69) is 20.9 Å². The summed E-state index contributed by atoms with van der Waals surface area (Å²) in [5, 5.41) is 22.8. The molecule has 0 aliphatic rings. The van der Waals surface area contributed by atoms with Crippen LogP contribution in [0, 0.1) is 17.0 Å². The predicted molar refractivity (Wildman–Crippen MR) is 113 cm³/mol. The summed E-state index contributed by atoms with van der Waals surface area (Å²) in [4.78, 5) is 10.6. The van der Waals surface area contributed by atoms with Crippen LogP contribution in [0.1, 0.15) is 11.3 Å². The summed E-state index contributed by atoms with van der Waals surface area (Å²) in [6.07, 6.45) is 1.50. The molecule has 142 valence electrons. The van der Waals surface area contributed by atoms with E-state index in [0.29, 0.717) is 16.4 Å². The minimum absolute atomic E-state index is 0.0846. The lowest BCUT2D eigenvalue weighted by Crippen LogP contribution is -2.24. The van der Waals surface area contributed by atoms with Gasteiger partial charge in [0, 0.05) is 6.07 Å². The number of aryl methyl sites for hydroxylation is 1. The Balaban J connectivity index is 1.71. The highest BCUT2D eigenvalue weighted by molar-refractivity contribution is 7.80. The van der Waals surface area contributed by atoms with Crippen molar-refractivity contribution in [3.05, 3.63) is 81.1 Å². The van der Waals surface area contributed by atoms with Gasteiger partial charge in [0.05, 0.1) is 28.1 Å². The summed E-state index contributed by atoms with van der Waals surface area (Å²) in [5.41, 5.74) is 4.96. The van der Waals surface area contributed by atoms with Gasteiger partial charge in [-0.25, -0.2) is 4.68 Å². The largest absolute Gasteiger partial charge is 0.326 e. The molecule has 3 rings (SSSR count). The number of halogens is 1. The lowest BCUT2D eigenvalue weighted by molar-refractivity contribution is -0.383. The molecule has 28 heavy (non-hydrogen) atoms. The Kier molecular flexibility index (Phi) is 5.97. The average Bonchev–Trinajstić information content (AvgIpc) is 2.97. The third-order valence-electron chi connectivity index (χ3n) is 3.76. The summed E-state index contributed by atoms with van der Waals surface area (Å²) in [5.74, 6) is 0. The number of nitro benzene ring substituents is 1. The van der Waals surface area contributed by atoms with Crippen LogP contribution < -0.4 is 10.7 Å². The fourth-order valence-electron chi connectivity index (χ4n) is 2.44. The highest BCUT2D eigenvalue weighted by atomic mass is 35.5. The van der Waals surface area contributed by atoms with Crippen molar-refractivity contribution in [3.63, 3.8) is 0 Å². The molecule has 0 radical (unpaired) electrons. The molecule has 8 nitrogen and oxygen atoms in total. The first-order chi connectivity index (χ1) is 13.5. The van der Waals surface area contributed by atoms with Gasteiger partial charge < -0.3 is 5.32 Å². The molecule has 0 aliphatic carbocycles. The molecule has 0 atom stereocenters. The van der Waals surface area contributed by atoms with Crippen molar-refractivity contribution in [3.8, 4) is 5.69 Å². The van der Waals surface area contributed by atoms with Crippen LogP contribution in [-0.2, 0) is 0 Å². The first kappa shape index (κ1) is 19.5. The van der Waals surface area contributed by atoms with E-state index < -0.39 is 4.92 Å². The van der Waals surface area contributed by atoms with Gasteiger partial charge in [0.15, 0.2) is 5.11 Å². The molecule has 0 aliphatic heterocycles. The lowest BCUT2D eigenvalue weighted by Gasteiger charge is -2.07. The van der Waals surface area contributed by atoms with Crippen molar-refractivity contribution in [2.75, 3.05) is 5.32 Å². The van der Waals surface area contributed by atoms with Gasteiger partial charge in [-0.1, -0.05) is 41.9 Å². The zero-order valence-electron chi connectivity index (χ0n) is 14.7. The molecule has 0 bridgehead atoms. The highest BCUT2D eigenvalue weighted by Gasteiger charge is 2.14. The van der Waals surface area contributed by atoms with Gasteiger partial charge in [-0.15, -0.1) is 0 Å². The number of hydrogen-bond donors (Lipinski definition) is 2. The second-order valence-corrected chi connectivity index (χ2v) is 6.40. The standard InChI is InChI=1S/C18H15ClN6O2S/c1-12-14(17(19)24(23-12)13-7-3-2-4-8-13)11-20-22-18(28)21-15-9-5-6-10-16(15)25(26)27/h2-11H,1H3,(H2,21,22,28)/b20-11+. The summed E-state index contributed by atoms with van der Waals surface area (Å²) in [7, 11) is 0. The van der Waals surface area contributed by atoms with Crippen molar-refractivity contribution in [1.82, 2.24) is 15.2 Å². The van der Waals surface area contributed by atoms with Crippen LogP contribution in [0.4, 0.5) is 11.4 Å². The maximum Gasteiger partial charge on any atom is 0.292 e. The molecule has 3 aromatic rings. The zero-order chi connectivity index (χ0) is 20.1. The van der Waals surface area contributed by atoms with Crippen molar-refractivity contribution in [2.24, 2.45) is 5.10 Å². The summed E-state index contributed by atoms with van der Waals surface area (Å²) >= 11 is 11.6. The molecule has 0 fully saturated rings. The Bertz CT molecular complexity index is 1050.